The third-order valence-corrected chi connectivity index (χ3v) is 3.17. The highest BCUT2D eigenvalue weighted by Gasteiger charge is 2.29. The Kier molecular flexibility index (Phi) is 5.83. The van der Waals surface area contributed by atoms with Crippen molar-refractivity contribution in [2.45, 2.75) is 32.7 Å². The molecule has 0 aliphatic carbocycles. The molecule has 0 aromatic carbocycles. The van der Waals surface area contributed by atoms with Crippen molar-refractivity contribution in [2.24, 2.45) is 5.73 Å². The molecule has 0 aromatic rings. The fraction of sp³-hybridized carbons (Fsp3) is 0.909. The lowest BCUT2D eigenvalue weighted by Gasteiger charge is -2.39. The fourth-order valence-corrected chi connectivity index (χ4v) is 1.49. The topological polar surface area (TPSA) is 49.6 Å². The normalized spacial score (nSPS) is 15.1. The van der Waals surface area contributed by atoms with Crippen LogP contribution in [0.5, 0.6) is 0 Å². The smallest absolute Gasteiger partial charge is 0.236 e. The van der Waals surface area contributed by atoms with E-state index in [2.05, 4.69) is 25.7 Å². The van der Waals surface area contributed by atoms with E-state index < -0.39 is 0 Å². The molecule has 0 bridgehead atoms. The molecule has 0 heterocycles. The average molecular weight is 215 g/mol. The van der Waals surface area contributed by atoms with Gasteiger partial charge < -0.3 is 10.6 Å². The van der Waals surface area contributed by atoms with Crippen molar-refractivity contribution in [3.05, 3.63) is 0 Å². The molecule has 1 amide bonds. The van der Waals surface area contributed by atoms with E-state index in [0.29, 0.717) is 13.1 Å². The van der Waals surface area contributed by atoms with Crippen LogP contribution >= 0.6 is 0 Å². The van der Waals surface area contributed by atoms with Gasteiger partial charge in [0.2, 0.25) is 5.91 Å². The predicted molar refractivity (Wildman–Crippen MR) is 63.7 cm³/mol. The molecule has 1 unspecified atom stereocenters. The summed E-state index contributed by atoms with van der Waals surface area (Å²) in [6.07, 6.45) is 0.956. The van der Waals surface area contributed by atoms with Crippen LogP contribution in [-0.4, -0.2) is 55.0 Å². The highest BCUT2D eigenvalue weighted by molar-refractivity contribution is 5.77. The number of likely N-dealkylation sites (N-methyl/N-ethyl adjacent to an activating group) is 2. The van der Waals surface area contributed by atoms with Crippen LogP contribution in [0.4, 0.5) is 0 Å². The van der Waals surface area contributed by atoms with Gasteiger partial charge in [-0.15, -0.1) is 0 Å². The Morgan fingerprint density at radius 3 is 2.13 bits per heavy atom. The minimum Gasteiger partial charge on any atom is -0.348 e. The molecular weight excluding hydrogens is 190 g/mol. The van der Waals surface area contributed by atoms with E-state index in [1.165, 1.54) is 0 Å². The molecule has 1 atom stereocenters. The van der Waals surface area contributed by atoms with E-state index in [0.717, 1.165) is 13.0 Å². The molecule has 0 saturated carbocycles. The van der Waals surface area contributed by atoms with Crippen molar-refractivity contribution >= 4 is 5.91 Å². The Hall–Kier alpha value is -0.610. The lowest BCUT2D eigenvalue weighted by molar-refractivity contribution is -0.131. The SMILES string of the molecule is CCN(CC(=O)N(C)C)C(C)(CC)CN. The van der Waals surface area contributed by atoms with E-state index in [1.54, 1.807) is 19.0 Å². The van der Waals surface area contributed by atoms with Gasteiger partial charge in [0.15, 0.2) is 0 Å². The minimum absolute atomic E-state index is 0.0690. The zero-order valence-corrected chi connectivity index (χ0v) is 10.7. The molecule has 0 aromatic heterocycles. The summed E-state index contributed by atoms with van der Waals surface area (Å²) in [5, 5.41) is 0. The zero-order chi connectivity index (χ0) is 12.1. The molecule has 4 heteroatoms. The predicted octanol–water partition coefficient (Wildman–Crippen LogP) is 0.524. The van der Waals surface area contributed by atoms with E-state index in [9.17, 15) is 4.79 Å². The number of carbonyl (C=O) groups is 1. The second-order valence-electron chi connectivity index (χ2n) is 4.36. The molecule has 15 heavy (non-hydrogen) atoms. The maximum atomic E-state index is 11.6. The van der Waals surface area contributed by atoms with Crippen molar-refractivity contribution < 1.29 is 4.79 Å². The first kappa shape index (κ1) is 14.4. The summed E-state index contributed by atoms with van der Waals surface area (Å²) >= 11 is 0. The Morgan fingerprint density at radius 1 is 1.33 bits per heavy atom. The van der Waals surface area contributed by atoms with Gasteiger partial charge in [-0.25, -0.2) is 0 Å². The van der Waals surface area contributed by atoms with Crippen LogP contribution in [-0.2, 0) is 4.79 Å². The zero-order valence-electron chi connectivity index (χ0n) is 10.7. The molecule has 0 aliphatic heterocycles. The standard InChI is InChI=1S/C11H25N3O/c1-6-11(3,9-12)14(7-2)8-10(15)13(4)5/h6-9,12H2,1-5H3. The molecule has 0 fully saturated rings. The lowest BCUT2D eigenvalue weighted by Crippen LogP contribution is -2.54. The summed E-state index contributed by atoms with van der Waals surface area (Å²) < 4.78 is 0. The van der Waals surface area contributed by atoms with Gasteiger partial charge in [0, 0.05) is 26.2 Å². The number of nitrogens with zero attached hydrogens (tertiary/aromatic N) is 2. The molecular formula is C11H25N3O. The van der Waals surface area contributed by atoms with Crippen molar-refractivity contribution in [1.82, 2.24) is 9.80 Å². The quantitative estimate of drug-likeness (QED) is 0.703. The lowest BCUT2D eigenvalue weighted by atomic mass is 9.96. The van der Waals surface area contributed by atoms with Crippen molar-refractivity contribution in [3.8, 4) is 0 Å². The molecule has 90 valence electrons. The molecule has 0 saturated heterocycles. The van der Waals surface area contributed by atoms with E-state index in [1.807, 2.05) is 0 Å². The third-order valence-electron chi connectivity index (χ3n) is 3.17. The second-order valence-corrected chi connectivity index (χ2v) is 4.36. The maximum Gasteiger partial charge on any atom is 0.236 e. The van der Waals surface area contributed by atoms with Gasteiger partial charge in [-0.1, -0.05) is 13.8 Å². The number of rotatable bonds is 6. The molecule has 0 radical (unpaired) electrons. The molecule has 4 nitrogen and oxygen atoms in total. The van der Waals surface area contributed by atoms with E-state index >= 15 is 0 Å². The van der Waals surface area contributed by atoms with Crippen LogP contribution in [0.15, 0.2) is 0 Å². The number of carbonyl (C=O) groups excluding carboxylic acids is 1. The van der Waals surface area contributed by atoms with Crippen molar-refractivity contribution in [2.75, 3.05) is 33.7 Å². The van der Waals surface area contributed by atoms with Gasteiger partial charge in [0.05, 0.1) is 6.54 Å². The van der Waals surface area contributed by atoms with E-state index in [4.69, 9.17) is 5.73 Å². The van der Waals surface area contributed by atoms with Crippen LogP contribution in [0.2, 0.25) is 0 Å². The van der Waals surface area contributed by atoms with E-state index in [-0.39, 0.29) is 11.4 Å². The Labute approximate surface area is 93.4 Å². The van der Waals surface area contributed by atoms with Gasteiger partial charge in [-0.2, -0.15) is 0 Å². The first-order chi connectivity index (χ1) is 6.91. The summed E-state index contributed by atoms with van der Waals surface area (Å²) in [5.41, 5.74) is 5.71. The minimum atomic E-state index is -0.0690. The summed E-state index contributed by atoms with van der Waals surface area (Å²) in [6, 6.07) is 0. The monoisotopic (exact) mass is 215 g/mol. The fourth-order valence-electron chi connectivity index (χ4n) is 1.49. The van der Waals surface area contributed by atoms with Gasteiger partial charge in [0.1, 0.15) is 0 Å². The first-order valence-corrected chi connectivity index (χ1v) is 5.56. The molecule has 2 N–H and O–H groups in total. The van der Waals surface area contributed by atoms with Crippen LogP contribution < -0.4 is 5.73 Å². The molecule has 0 rings (SSSR count). The van der Waals surface area contributed by atoms with Crippen molar-refractivity contribution in [3.63, 3.8) is 0 Å². The molecule has 0 aliphatic rings. The second kappa shape index (κ2) is 6.08. The summed E-state index contributed by atoms with van der Waals surface area (Å²) in [4.78, 5) is 15.4. The Morgan fingerprint density at radius 2 is 1.87 bits per heavy atom. The highest BCUT2D eigenvalue weighted by atomic mass is 16.2. The number of hydrogen-bond donors (Lipinski definition) is 1. The van der Waals surface area contributed by atoms with Crippen LogP contribution in [0.25, 0.3) is 0 Å². The highest BCUT2D eigenvalue weighted by Crippen LogP contribution is 2.17. The maximum absolute atomic E-state index is 11.6. The number of hydrogen-bond acceptors (Lipinski definition) is 3. The van der Waals surface area contributed by atoms with Gasteiger partial charge in [0.25, 0.3) is 0 Å². The Bertz CT molecular complexity index is 200. The molecule has 0 spiro atoms. The number of amides is 1. The number of nitrogens with two attached hydrogens (primary N) is 1. The largest absolute Gasteiger partial charge is 0.348 e. The van der Waals surface area contributed by atoms with Gasteiger partial charge >= 0.3 is 0 Å². The Balaban J connectivity index is 4.54. The van der Waals surface area contributed by atoms with Crippen LogP contribution in [0.3, 0.4) is 0 Å². The summed E-state index contributed by atoms with van der Waals surface area (Å²) in [5.74, 6) is 0.130. The first-order valence-electron chi connectivity index (χ1n) is 5.56. The third kappa shape index (κ3) is 3.80. The van der Waals surface area contributed by atoms with Crippen LogP contribution in [0, 0.1) is 0 Å². The summed E-state index contributed by atoms with van der Waals surface area (Å²) in [7, 11) is 3.56. The summed E-state index contributed by atoms with van der Waals surface area (Å²) in [6.45, 7) is 8.16. The van der Waals surface area contributed by atoms with Crippen molar-refractivity contribution in [1.29, 1.82) is 0 Å². The van der Waals surface area contributed by atoms with Crippen LogP contribution in [0.1, 0.15) is 27.2 Å². The van der Waals surface area contributed by atoms with Gasteiger partial charge in [-0.05, 0) is 19.9 Å². The van der Waals surface area contributed by atoms with Gasteiger partial charge in [-0.3, -0.25) is 9.69 Å². The average Bonchev–Trinajstić information content (AvgIpc) is 2.24.